The van der Waals surface area contributed by atoms with Gasteiger partial charge in [0, 0.05) is 13.1 Å². The van der Waals surface area contributed by atoms with Crippen molar-refractivity contribution in [1.82, 2.24) is 5.32 Å². The van der Waals surface area contributed by atoms with Crippen LogP contribution < -0.4 is 15.8 Å². The number of hydrogen-bond acceptors (Lipinski definition) is 2. The van der Waals surface area contributed by atoms with Crippen molar-refractivity contribution in [2.75, 3.05) is 20.2 Å². The molecule has 0 aliphatic carbocycles. The zero-order chi connectivity index (χ0) is 16.5. The number of aryl methyl sites for hydroxylation is 1. The summed E-state index contributed by atoms with van der Waals surface area (Å²) in [6.07, 6.45) is 1.74. The normalized spacial score (nSPS) is 11.3. The number of rotatable bonds is 7. The molecule has 0 saturated carbocycles. The lowest BCUT2D eigenvalue weighted by molar-refractivity contribution is 0.409. The van der Waals surface area contributed by atoms with Crippen LogP contribution in [-0.4, -0.2) is 26.2 Å². The summed E-state index contributed by atoms with van der Waals surface area (Å²) in [5, 5.41) is 3.15. The third-order valence-electron chi connectivity index (χ3n) is 3.66. The van der Waals surface area contributed by atoms with Crippen LogP contribution in [0.4, 0.5) is 0 Å². The van der Waals surface area contributed by atoms with Gasteiger partial charge in [-0.15, -0.1) is 0 Å². The van der Waals surface area contributed by atoms with Crippen molar-refractivity contribution in [3.05, 3.63) is 65.2 Å². The van der Waals surface area contributed by atoms with Gasteiger partial charge in [0.05, 0.1) is 7.11 Å². The second kappa shape index (κ2) is 8.83. The number of hydrogen-bond donors (Lipinski definition) is 2. The van der Waals surface area contributed by atoms with Crippen molar-refractivity contribution in [2.45, 2.75) is 19.8 Å². The number of nitrogens with two attached hydrogens (primary N) is 1. The summed E-state index contributed by atoms with van der Waals surface area (Å²) in [6.45, 7) is 3.50. The summed E-state index contributed by atoms with van der Waals surface area (Å²) in [5.74, 6) is 1.40. The van der Waals surface area contributed by atoms with E-state index in [1.807, 2.05) is 30.3 Å². The quantitative estimate of drug-likeness (QED) is 0.610. The standard InChI is InChI=1S/C19H25N3O/c1-15-8-9-18(23-2)17(14-15)11-13-22-19(20)21-12-10-16-6-4-3-5-7-16/h3-9,14H,10-13H2,1-2H3,(H3,20,21,22). The van der Waals surface area contributed by atoms with Crippen LogP contribution >= 0.6 is 0 Å². The fourth-order valence-corrected chi connectivity index (χ4v) is 2.44. The second-order valence-corrected chi connectivity index (χ2v) is 5.49. The SMILES string of the molecule is COc1ccc(C)cc1CCN=C(N)NCCc1ccccc1. The van der Waals surface area contributed by atoms with E-state index in [2.05, 4.69) is 35.4 Å². The molecule has 0 spiro atoms. The van der Waals surface area contributed by atoms with Gasteiger partial charge in [-0.1, -0.05) is 48.0 Å². The molecule has 0 amide bonds. The largest absolute Gasteiger partial charge is 0.496 e. The van der Waals surface area contributed by atoms with Gasteiger partial charge >= 0.3 is 0 Å². The number of nitrogens with one attached hydrogen (secondary N) is 1. The first-order valence-corrected chi connectivity index (χ1v) is 7.90. The van der Waals surface area contributed by atoms with Crippen LogP contribution in [0.5, 0.6) is 5.75 Å². The maximum atomic E-state index is 5.91. The molecule has 0 unspecified atom stereocenters. The highest BCUT2D eigenvalue weighted by atomic mass is 16.5. The molecule has 3 N–H and O–H groups in total. The van der Waals surface area contributed by atoms with E-state index in [1.54, 1.807) is 7.11 Å². The minimum Gasteiger partial charge on any atom is -0.496 e. The van der Waals surface area contributed by atoms with E-state index < -0.39 is 0 Å². The first-order chi connectivity index (χ1) is 11.2. The Morgan fingerprint density at radius 3 is 2.65 bits per heavy atom. The van der Waals surface area contributed by atoms with Gasteiger partial charge in [-0.25, -0.2) is 0 Å². The predicted molar refractivity (Wildman–Crippen MR) is 96.1 cm³/mol. The Hall–Kier alpha value is -2.49. The van der Waals surface area contributed by atoms with Gasteiger partial charge in [-0.3, -0.25) is 4.99 Å². The van der Waals surface area contributed by atoms with Crippen molar-refractivity contribution < 1.29 is 4.74 Å². The lowest BCUT2D eigenvalue weighted by atomic mass is 10.1. The molecule has 2 aromatic carbocycles. The van der Waals surface area contributed by atoms with E-state index in [0.29, 0.717) is 12.5 Å². The molecular weight excluding hydrogens is 286 g/mol. The molecule has 0 radical (unpaired) electrons. The van der Waals surface area contributed by atoms with E-state index in [9.17, 15) is 0 Å². The lowest BCUT2D eigenvalue weighted by Gasteiger charge is -2.09. The van der Waals surface area contributed by atoms with Crippen LogP contribution in [0.25, 0.3) is 0 Å². The van der Waals surface area contributed by atoms with Crippen LogP contribution in [-0.2, 0) is 12.8 Å². The first kappa shape index (κ1) is 16.9. The summed E-state index contributed by atoms with van der Waals surface area (Å²) >= 11 is 0. The van der Waals surface area contributed by atoms with Crippen LogP contribution in [0.1, 0.15) is 16.7 Å². The van der Waals surface area contributed by atoms with E-state index in [1.165, 1.54) is 11.1 Å². The summed E-state index contributed by atoms with van der Waals surface area (Å²) < 4.78 is 5.38. The van der Waals surface area contributed by atoms with E-state index in [0.717, 1.165) is 30.7 Å². The lowest BCUT2D eigenvalue weighted by Crippen LogP contribution is -2.33. The summed E-state index contributed by atoms with van der Waals surface area (Å²) in [6, 6.07) is 16.5. The highest BCUT2D eigenvalue weighted by Gasteiger charge is 2.02. The Morgan fingerprint density at radius 1 is 1.13 bits per heavy atom. The van der Waals surface area contributed by atoms with E-state index in [4.69, 9.17) is 10.5 Å². The molecule has 2 aromatic rings. The Balaban J connectivity index is 1.78. The van der Waals surface area contributed by atoms with Gasteiger partial charge in [0.2, 0.25) is 0 Å². The van der Waals surface area contributed by atoms with Crippen molar-refractivity contribution >= 4 is 5.96 Å². The average molecular weight is 311 g/mol. The zero-order valence-corrected chi connectivity index (χ0v) is 13.9. The zero-order valence-electron chi connectivity index (χ0n) is 13.9. The molecule has 23 heavy (non-hydrogen) atoms. The van der Waals surface area contributed by atoms with Gasteiger partial charge in [-0.2, -0.15) is 0 Å². The summed E-state index contributed by atoms with van der Waals surface area (Å²) in [7, 11) is 1.69. The molecule has 0 aliphatic rings. The molecule has 0 bridgehead atoms. The summed E-state index contributed by atoms with van der Waals surface area (Å²) in [5.41, 5.74) is 9.58. The first-order valence-electron chi connectivity index (χ1n) is 7.90. The molecule has 4 nitrogen and oxygen atoms in total. The van der Waals surface area contributed by atoms with Gasteiger partial charge in [0.25, 0.3) is 0 Å². The van der Waals surface area contributed by atoms with Crippen molar-refractivity contribution in [2.24, 2.45) is 10.7 Å². The smallest absolute Gasteiger partial charge is 0.188 e. The molecule has 0 heterocycles. The van der Waals surface area contributed by atoms with E-state index in [-0.39, 0.29) is 0 Å². The molecular formula is C19H25N3O. The molecule has 0 atom stereocenters. The fourth-order valence-electron chi connectivity index (χ4n) is 2.44. The Bertz CT molecular complexity index is 638. The van der Waals surface area contributed by atoms with Crippen LogP contribution in [0, 0.1) is 6.92 Å². The molecule has 4 heteroatoms. The van der Waals surface area contributed by atoms with Crippen molar-refractivity contribution in [3.63, 3.8) is 0 Å². The number of nitrogens with zero attached hydrogens (tertiary/aromatic N) is 1. The molecule has 0 fully saturated rings. The number of benzene rings is 2. The molecule has 2 rings (SSSR count). The number of methoxy groups -OCH3 is 1. The number of guanidine groups is 1. The maximum absolute atomic E-state index is 5.91. The minimum absolute atomic E-state index is 0.493. The van der Waals surface area contributed by atoms with Gasteiger partial charge < -0.3 is 15.8 Å². The molecule has 122 valence electrons. The third kappa shape index (κ3) is 5.66. The Morgan fingerprint density at radius 2 is 1.91 bits per heavy atom. The maximum Gasteiger partial charge on any atom is 0.188 e. The molecule has 0 saturated heterocycles. The highest BCUT2D eigenvalue weighted by molar-refractivity contribution is 5.77. The van der Waals surface area contributed by atoms with Crippen LogP contribution in [0.2, 0.25) is 0 Å². The monoisotopic (exact) mass is 311 g/mol. The van der Waals surface area contributed by atoms with Crippen LogP contribution in [0.15, 0.2) is 53.5 Å². The Kier molecular flexibility index (Phi) is 6.48. The van der Waals surface area contributed by atoms with Crippen LogP contribution in [0.3, 0.4) is 0 Å². The van der Waals surface area contributed by atoms with Gasteiger partial charge in [0.15, 0.2) is 5.96 Å². The average Bonchev–Trinajstić information content (AvgIpc) is 2.56. The van der Waals surface area contributed by atoms with Gasteiger partial charge in [-0.05, 0) is 37.0 Å². The van der Waals surface area contributed by atoms with Gasteiger partial charge in [0.1, 0.15) is 5.75 Å². The Labute approximate surface area is 138 Å². The summed E-state index contributed by atoms with van der Waals surface area (Å²) in [4.78, 5) is 4.38. The van der Waals surface area contributed by atoms with Crippen molar-refractivity contribution in [3.8, 4) is 5.75 Å². The number of aliphatic imine (C=N–C) groups is 1. The molecule has 0 aliphatic heterocycles. The minimum atomic E-state index is 0.493. The third-order valence-corrected chi connectivity index (χ3v) is 3.66. The highest BCUT2D eigenvalue weighted by Crippen LogP contribution is 2.19. The topological polar surface area (TPSA) is 59.6 Å². The second-order valence-electron chi connectivity index (χ2n) is 5.49. The predicted octanol–water partition coefficient (Wildman–Crippen LogP) is 2.69. The number of ether oxygens (including phenoxy) is 1. The fraction of sp³-hybridized carbons (Fsp3) is 0.316. The van der Waals surface area contributed by atoms with E-state index >= 15 is 0 Å². The molecule has 0 aromatic heterocycles. The van der Waals surface area contributed by atoms with Crippen molar-refractivity contribution in [1.29, 1.82) is 0 Å².